The van der Waals surface area contributed by atoms with Gasteiger partial charge in [-0.05, 0) is 37.7 Å². The Balaban J connectivity index is 1.83. The predicted octanol–water partition coefficient (Wildman–Crippen LogP) is 3.45. The standard InChI is InChI=1S/C17H24N2O/c1-3-13-8-10-17(20,11-9-13)12-15-14-6-4-5-7-16(14)19(2)18-15/h4-7,13,20H,3,8-12H2,1-2H3. The first kappa shape index (κ1) is 13.6. The molecule has 108 valence electrons. The molecule has 1 N–H and O–H groups in total. The van der Waals surface area contributed by atoms with Crippen LogP contribution in [0.5, 0.6) is 0 Å². The highest BCUT2D eigenvalue weighted by Crippen LogP contribution is 2.36. The van der Waals surface area contributed by atoms with E-state index in [1.165, 1.54) is 11.8 Å². The zero-order valence-corrected chi connectivity index (χ0v) is 12.5. The van der Waals surface area contributed by atoms with Crippen LogP contribution in [0.2, 0.25) is 0 Å². The average molecular weight is 272 g/mol. The summed E-state index contributed by atoms with van der Waals surface area (Å²) in [6, 6.07) is 8.28. The lowest BCUT2D eigenvalue weighted by atomic mass is 9.75. The van der Waals surface area contributed by atoms with Crippen molar-refractivity contribution in [3.8, 4) is 0 Å². The van der Waals surface area contributed by atoms with Gasteiger partial charge in [-0.1, -0.05) is 31.5 Å². The number of aromatic nitrogens is 2. The highest BCUT2D eigenvalue weighted by atomic mass is 16.3. The highest BCUT2D eigenvalue weighted by Gasteiger charge is 2.34. The molecule has 0 unspecified atom stereocenters. The zero-order valence-electron chi connectivity index (χ0n) is 12.5. The Labute approximate surface area is 120 Å². The minimum atomic E-state index is -0.553. The van der Waals surface area contributed by atoms with Crippen molar-refractivity contribution in [2.24, 2.45) is 13.0 Å². The van der Waals surface area contributed by atoms with Crippen molar-refractivity contribution in [1.29, 1.82) is 0 Å². The fraction of sp³-hybridized carbons (Fsp3) is 0.588. The largest absolute Gasteiger partial charge is 0.389 e. The predicted molar refractivity (Wildman–Crippen MR) is 81.6 cm³/mol. The van der Waals surface area contributed by atoms with E-state index in [9.17, 15) is 5.11 Å². The van der Waals surface area contributed by atoms with Crippen molar-refractivity contribution in [2.75, 3.05) is 0 Å². The maximum absolute atomic E-state index is 10.9. The highest BCUT2D eigenvalue weighted by molar-refractivity contribution is 5.81. The third-order valence-electron chi connectivity index (χ3n) is 4.94. The fourth-order valence-electron chi connectivity index (χ4n) is 3.53. The Morgan fingerprint density at radius 2 is 2.00 bits per heavy atom. The summed E-state index contributed by atoms with van der Waals surface area (Å²) in [5, 5.41) is 16.7. The summed E-state index contributed by atoms with van der Waals surface area (Å²) >= 11 is 0. The Morgan fingerprint density at radius 3 is 2.70 bits per heavy atom. The number of para-hydroxylation sites is 1. The van der Waals surface area contributed by atoms with Crippen LogP contribution in [0, 0.1) is 5.92 Å². The van der Waals surface area contributed by atoms with E-state index in [2.05, 4.69) is 24.2 Å². The number of aliphatic hydroxyl groups is 1. The van der Waals surface area contributed by atoms with Gasteiger partial charge < -0.3 is 5.11 Å². The second kappa shape index (κ2) is 5.21. The minimum absolute atomic E-state index is 0.553. The van der Waals surface area contributed by atoms with Crippen molar-refractivity contribution >= 4 is 10.9 Å². The molecule has 0 spiro atoms. The first-order chi connectivity index (χ1) is 9.61. The molecule has 1 heterocycles. The van der Waals surface area contributed by atoms with E-state index in [4.69, 9.17) is 0 Å². The molecule has 3 nitrogen and oxygen atoms in total. The molecule has 1 aromatic heterocycles. The SMILES string of the molecule is CCC1CCC(O)(Cc2nn(C)c3ccccc23)CC1. The van der Waals surface area contributed by atoms with Gasteiger partial charge in [-0.2, -0.15) is 5.10 Å². The molecule has 0 saturated heterocycles. The quantitative estimate of drug-likeness (QED) is 0.929. The molecule has 0 amide bonds. The minimum Gasteiger partial charge on any atom is -0.389 e. The molecule has 20 heavy (non-hydrogen) atoms. The molecule has 0 radical (unpaired) electrons. The molecular weight excluding hydrogens is 248 g/mol. The zero-order chi connectivity index (χ0) is 14.2. The van der Waals surface area contributed by atoms with Crippen molar-refractivity contribution in [2.45, 2.75) is 51.0 Å². The van der Waals surface area contributed by atoms with Gasteiger partial charge >= 0.3 is 0 Å². The normalized spacial score (nSPS) is 27.1. The van der Waals surface area contributed by atoms with Gasteiger partial charge in [0.25, 0.3) is 0 Å². The molecule has 1 aliphatic rings. The third kappa shape index (κ3) is 2.47. The van der Waals surface area contributed by atoms with Crippen molar-refractivity contribution in [3.05, 3.63) is 30.0 Å². The second-order valence-electron chi connectivity index (χ2n) is 6.34. The van der Waals surface area contributed by atoms with Crippen LogP contribution in [0.1, 0.15) is 44.7 Å². The van der Waals surface area contributed by atoms with E-state index in [1.54, 1.807) is 0 Å². The van der Waals surface area contributed by atoms with Crippen LogP contribution in [0.3, 0.4) is 0 Å². The van der Waals surface area contributed by atoms with Gasteiger partial charge in [0.1, 0.15) is 0 Å². The summed E-state index contributed by atoms with van der Waals surface area (Å²) in [5.41, 5.74) is 1.64. The van der Waals surface area contributed by atoms with E-state index in [0.29, 0.717) is 6.42 Å². The van der Waals surface area contributed by atoms with Gasteiger partial charge in [0.15, 0.2) is 0 Å². The Hall–Kier alpha value is -1.35. The number of rotatable bonds is 3. The monoisotopic (exact) mass is 272 g/mol. The molecule has 2 aromatic rings. The maximum atomic E-state index is 10.9. The number of hydrogen-bond donors (Lipinski definition) is 1. The number of benzene rings is 1. The Morgan fingerprint density at radius 1 is 1.30 bits per heavy atom. The summed E-state index contributed by atoms with van der Waals surface area (Å²) in [5.74, 6) is 0.802. The lowest BCUT2D eigenvalue weighted by Gasteiger charge is -2.35. The summed E-state index contributed by atoms with van der Waals surface area (Å²) in [4.78, 5) is 0. The first-order valence-corrected chi connectivity index (χ1v) is 7.74. The molecular formula is C17H24N2O. The van der Waals surface area contributed by atoms with Gasteiger partial charge in [-0.25, -0.2) is 0 Å². The lowest BCUT2D eigenvalue weighted by Crippen LogP contribution is -2.36. The summed E-state index contributed by atoms with van der Waals surface area (Å²) in [6.45, 7) is 2.25. The maximum Gasteiger partial charge on any atom is 0.0731 e. The van der Waals surface area contributed by atoms with Gasteiger partial charge in [0.2, 0.25) is 0 Å². The van der Waals surface area contributed by atoms with Crippen molar-refractivity contribution in [1.82, 2.24) is 9.78 Å². The lowest BCUT2D eigenvalue weighted by molar-refractivity contribution is -0.00981. The molecule has 1 aliphatic carbocycles. The number of hydrogen-bond acceptors (Lipinski definition) is 2. The van der Waals surface area contributed by atoms with Gasteiger partial charge in [-0.3, -0.25) is 4.68 Å². The fourth-order valence-corrected chi connectivity index (χ4v) is 3.53. The van der Waals surface area contributed by atoms with Crippen LogP contribution in [0.15, 0.2) is 24.3 Å². The molecule has 1 saturated carbocycles. The molecule has 3 rings (SSSR count). The summed E-state index contributed by atoms with van der Waals surface area (Å²) in [6.07, 6.45) is 6.05. The topological polar surface area (TPSA) is 38.1 Å². The van der Waals surface area contributed by atoms with Crippen LogP contribution >= 0.6 is 0 Å². The van der Waals surface area contributed by atoms with Crippen molar-refractivity contribution < 1.29 is 5.11 Å². The van der Waals surface area contributed by atoms with Crippen LogP contribution in [0.25, 0.3) is 10.9 Å². The van der Waals surface area contributed by atoms with Crippen LogP contribution in [0.4, 0.5) is 0 Å². The van der Waals surface area contributed by atoms with Gasteiger partial charge in [0.05, 0.1) is 16.8 Å². The Kier molecular flexibility index (Phi) is 3.55. The molecule has 0 atom stereocenters. The third-order valence-corrected chi connectivity index (χ3v) is 4.94. The second-order valence-corrected chi connectivity index (χ2v) is 6.34. The number of nitrogens with zero attached hydrogens (tertiary/aromatic N) is 2. The van der Waals surface area contributed by atoms with Crippen LogP contribution in [-0.2, 0) is 13.5 Å². The first-order valence-electron chi connectivity index (χ1n) is 7.74. The Bertz CT molecular complexity index is 594. The van der Waals surface area contributed by atoms with Gasteiger partial charge in [-0.15, -0.1) is 0 Å². The van der Waals surface area contributed by atoms with E-state index in [0.717, 1.165) is 42.8 Å². The summed E-state index contributed by atoms with van der Waals surface area (Å²) < 4.78 is 1.92. The molecule has 1 aromatic carbocycles. The van der Waals surface area contributed by atoms with Gasteiger partial charge in [0, 0.05) is 18.9 Å². The molecule has 0 bridgehead atoms. The van der Waals surface area contributed by atoms with E-state index in [1.807, 2.05) is 23.9 Å². The van der Waals surface area contributed by atoms with Crippen molar-refractivity contribution in [3.63, 3.8) is 0 Å². The smallest absolute Gasteiger partial charge is 0.0731 e. The van der Waals surface area contributed by atoms with E-state index >= 15 is 0 Å². The van der Waals surface area contributed by atoms with Crippen LogP contribution < -0.4 is 0 Å². The molecule has 1 fully saturated rings. The summed E-state index contributed by atoms with van der Waals surface area (Å²) in [7, 11) is 1.98. The van der Waals surface area contributed by atoms with Crippen LogP contribution in [-0.4, -0.2) is 20.5 Å². The molecule has 3 heteroatoms. The number of aryl methyl sites for hydroxylation is 1. The van der Waals surface area contributed by atoms with E-state index < -0.39 is 5.60 Å². The van der Waals surface area contributed by atoms with E-state index in [-0.39, 0.29) is 0 Å². The number of fused-ring (bicyclic) bond motifs is 1. The average Bonchev–Trinajstić information content (AvgIpc) is 2.76. The molecule has 0 aliphatic heterocycles.